The molecule has 1 heterocycles. The third kappa shape index (κ3) is 6.39. The zero-order valence-corrected chi connectivity index (χ0v) is 13.2. The number of piperidine rings is 1. The van der Waals surface area contributed by atoms with Crippen LogP contribution in [0.25, 0.3) is 0 Å². The highest BCUT2D eigenvalue weighted by Gasteiger charge is 2.23. The van der Waals surface area contributed by atoms with Crippen molar-refractivity contribution in [3.8, 4) is 0 Å². The number of rotatable bonds is 6. The summed E-state index contributed by atoms with van der Waals surface area (Å²) < 4.78 is 0. The van der Waals surface area contributed by atoms with Crippen LogP contribution in [0.3, 0.4) is 0 Å². The standard InChI is InChI=1S/C15H31N3O/c1-11(2)10-18-8-6-14(7-9-18)17-13(5)15(19)16-12(3)4/h11-14,17H,6-10H2,1-5H3,(H,16,19). The third-order valence-corrected chi connectivity index (χ3v) is 3.52. The highest BCUT2D eigenvalue weighted by Crippen LogP contribution is 2.12. The fourth-order valence-corrected chi connectivity index (χ4v) is 2.64. The number of hydrogen-bond donors (Lipinski definition) is 2. The molecule has 1 saturated heterocycles. The molecule has 0 radical (unpaired) electrons. The molecule has 4 nitrogen and oxygen atoms in total. The summed E-state index contributed by atoms with van der Waals surface area (Å²) >= 11 is 0. The van der Waals surface area contributed by atoms with E-state index in [-0.39, 0.29) is 18.0 Å². The summed E-state index contributed by atoms with van der Waals surface area (Å²) in [7, 11) is 0. The molecule has 1 unspecified atom stereocenters. The smallest absolute Gasteiger partial charge is 0.237 e. The van der Waals surface area contributed by atoms with Crippen molar-refractivity contribution in [3.05, 3.63) is 0 Å². The van der Waals surface area contributed by atoms with Crippen LogP contribution in [-0.4, -0.2) is 48.6 Å². The Labute approximate surface area is 118 Å². The second-order valence-corrected chi connectivity index (χ2v) is 6.52. The summed E-state index contributed by atoms with van der Waals surface area (Å²) in [6.07, 6.45) is 2.29. The first-order valence-electron chi connectivity index (χ1n) is 7.67. The predicted molar refractivity (Wildman–Crippen MR) is 80.2 cm³/mol. The molecule has 112 valence electrons. The van der Waals surface area contributed by atoms with Gasteiger partial charge in [0.15, 0.2) is 0 Å². The monoisotopic (exact) mass is 269 g/mol. The van der Waals surface area contributed by atoms with Gasteiger partial charge in [-0.25, -0.2) is 0 Å². The highest BCUT2D eigenvalue weighted by molar-refractivity contribution is 5.81. The van der Waals surface area contributed by atoms with Crippen LogP contribution >= 0.6 is 0 Å². The van der Waals surface area contributed by atoms with E-state index in [2.05, 4.69) is 29.4 Å². The van der Waals surface area contributed by atoms with Crippen LogP contribution in [0.2, 0.25) is 0 Å². The lowest BCUT2D eigenvalue weighted by molar-refractivity contribution is -0.123. The van der Waals surface area contributed by atoms with E-state index in [1.54, 1.807) is 0 Å². The zero-order valence-electron chi connectivity index (χ0n) is 13.2. The van der Waals surface area contributed by atoms with Crippen LogP contribution in [0.5, 0.6) is 0 Å². The largest absolute Gasteiger partial charge is 0.353 e. The molecule has 1 aliphatic heterocycles. The lowest BCUT2D eigenvalue weighted by Crippen LogP contribution is -2.51. The van der Waals surface area contributed by atoms with Gasteiger partial charge in [-0.15, -0.1) is 0 Å². The molecular weight excluding hydrogens is 238 g/mol. The van der Waals surface area contributed by atoms with Gasteiger partial charge in [-0.1, -0.05) is 13.8 Å². The van der Waals surface area contributed by atoms with Gasteiger partial charge in [-0.05, 0) is 52.6 Å². The van der Waals surface area contributed by atoms with Crippen molar-refractivity contribution in [1.82, 2.24) is 15.5 Å². The van der Waals surface area contributed by atoms with Crippen LogP contribution < -0.4 is 10.6 Å². The fraction of sp³-hybridized carbons (Fsp3) is 0.933. The molecule has 1 fully saturated rings. The van der Waals surface area contributed by atoms with Crippen molar-refractivity contribution in [2.45, 2.75) is 65.6 Å². The number of carbonyl (C=O) groups excluding carboxylic acids is 1. The Hall–Kier alpha value is -0.610. The van der Waals surface area contributed by atoms with Gasteiger partial charge in [0.1, 0.15) is 0 Å². The number of nitrogens with one attached hydrogen (secondary N) is 2. The molecule has 2 N–H and O–H groups in total. The maximum absolute atomic E-state index is 11.9. The topological polar surface area (TPSA) is 44.4 Å². The first-order valence-corrected chi connectivity index (χ1v) is 7.67. The number of likely N-dealkylation sites (tertiary alicyclic amines) is 1. The number of nitrogens with zero attached hydrogens (tertiary/aromatic N) is 1. The minimum Gasteiger partial charge on any atom is -0.353 e. The average Bonchev–Trinajstić information content (AvgIpc) is 2.30. The van der Waals surface area contributed by atoms with Gasteiger partial charge in [-0.3, -0.25) is 4.79 Å². The van der Waals surface area contributed by atoms with Crippen LogP contribution in [0.1, 0.15) is 47.5 Å². The van der Waals surface area contributed by atoms with Crippen LogP contribution in [0.15, 0.2) is 0 Å². The van der Waals surface area contributed by atoms with Crippen molar-refractivity contribution in [2.24, 2.45) is 5.92 Å². The van der Waals surface area contributed by atoms with Crippen molar-refractivity contribution in [1.29, 1.82) is 0 Å². The Balaban J connectivity index is 2.26. The maximum Gasteiger partial charge on any atom is 0.237 e. The van der Waals surface area contributed by atoms with Crippen molar-refractivity contribution < 1.29 is 4.79 Å². The second kappa shape index (κ2) is 7.85. The molecule has 0 spiro atoms. The lowest BCUT2D eigenvalue weighted by Gasteiger charge is -2.34. The molecule has 0 bridgehead atoms. The van der Waals surface area contributed by atoms with Gasteiger partial charge < -0.3 is 15.5 Å². The quantitative estimate of drug-likeness (QED) is 0.770. The molecule has 4 heteroatoms. The van der Waals surface area contributed by atoms with Gasteiger partial charge in [0.25, 0.3) is 0 Å². The van der Waals surface area contributed by atoms with E-state index in [1.165, 1.54) is 6.54 Å². The summed E-state index contributed by atoms with van der Waals surface area (Å²) in [4.78, 5) is 14.4. The summed E-state index contributed by atoms with van der Waals surface area (Å²) in [5.41, 5.74) is 0. The number of hydrogen-bond acceptors (Lipinski definition) is 3. The minimum atomic E-state index is -0.0935. The van der Waals surface area contributed by atoms with E-state index in [4.69, 9.17) is 0 Å². The fourth-order valence-electron chi connectivity index (χ4n) is 2.64. The van der Waals surface area contributed by atoms with Gasteiger partial charge in [-0.2, -0.15) is 0 Å². The van der Waals surface area contributed by atoms with E-state index in [0.29, 0.717) is 6.04 Å². The van der Waals surface area contributed by atoms with Crippen molar-refractivity contribution in [2.75, 3.05) is 19.6 Å². The van der Waals surface area contributed by atoms with E-state index in [1.807, 2.05) is 20.8 Å². The van der Waals surface area contributed by atoms with E-state index < -0.39 is 0 Å². The molecule has 1 atom stereocenters. The number of carbonyl (C=O) groups is 1. The summed E-state index contributed by atoms with van der Waals surface area (Å²) in [6, 6.07) is 0.602. The Morgan fingerprint density at radius 1 is 1.16 bits per heavy atom. The van der Waals surface area contributed by atoms with E-state index >= 15 is 0 Å². The molecule has 0 aromatic carbocycles. The summed E-state index contributed by atoms with van der Waals surface area (Å²) in [5.74, 6) is 0.847. The lowest BCUT2D eigenvalue weighted by atomic mass is 10.0. The molecule has 0 aromatic heterocycles. The normalized spacial score (nSPS) is 19.9. The first-order chi connectivity index (χ1) is 8.88. The Bertz CT molecular complexity index is 271. The zero-order chi connectivity index (χ0) is 14.4. The predicted octanol–water partition coefficient (Wildman–Crippen LogP) is 1.61. The molecule has 0 saturated carbocycles. The van der Waals surface area contributed by atoms with E-state index in [9.17, 15) is 4.79 Å². The molecule has 1 aliphatic rings. The first kappa shape index (κ1) is 16.4. The molecular formula is C15H31N3O. The Morgan fingerprint density at radius 3 is 2.21 bits per heavy atom. The molecule has 1 rings (SSSR count). The van der Waals surface area contributed by atoms with Gasteiger partial charge in [0, 0.05) is 18.6 Å². The van der Waals surface area contributed by atoms with Crippen LogP contribution in [-0.2, 0) is 4.79 Å². The van der Waals surface area contributed by atoms with Gasteiger partial charge in [0.05, 0.1) is 6.04 Å². The summed E-state index contributed by atoms with van der Waals surface area (Å²) in [6.45, 7) is 14.0. The molecule has 1 amide bonds. The third-order valence-electron chi connectivity index (χ3n) is 3.52. The van der Waals surface area contributed by atoms with E-state index in [0.717, 1.165) is 31.8 Å². The Kier molecular flexibility index (Phi) is 6.80. The molecule has 0 aliphatic carbocycles. The average molecular weight is 269 g/mol. The SMILES string of the molecule is CC(C)CN1CCC(NC(C)C(=O)NC(C)C)CC1. The Morgan fingerprint density at radius 2 is 1.74 bits per heavy atom. The highest BCUT2D eigenvalue weighted by atomic mass is 16.2. The van der Waals surface area contributed by atoms with Gasteiger partial charge in [0.2, 0.25) is 5.91 Å². The van der Waals surface area contributed by atoms with Crippen LogP contribution in [0, 0.1) is 5.92 Å². The molecule has 19 heavy (non-hydrogen) atoms. The number of amides is 1. The van der Waals surface area contributed by atoms with Crippen molar-refractivity contribution >= 4 is 5.91 Å². The van der Waals surface area contributed by atoms with Gasteiger partial charge >= 0.3 is 0 Å². The maximum atomic E-state index is 11.9. The van der Waals surface area contributed by atoms with Crippen LogP contribution in [0.4, 0.5) is 0 Å². The minimum absolute atomic E-state index is 0.0935. The van der Waals surface area contributed by atoms with Crippen molar-refractivity contribution in [3.63, 3.8) is 0 Å². The second-order valence-electron chi connectivity index (χ2n) is 6.52. The summed E-state index contributed by atoms with van der Waals surface area (Å²) in [5, 5.41) is 6.41. The molecule has 0 aromatic rings.